The molecule has 0 rings (SSSR count). The first-order valence-corrected chi connectivity index (χ1v) is 1.91. The molecule has 0 bridgehead atoms. The molecule has 0 aliphatic carbocycles. The molecule has 0 amide bonds. The highest BCUT2D eigenvalue weighted by molar-refractivity contribution is 4.12. The van der Waals surface area contributed by atoms with Gasteiger partial charge in [0.2, 0.25) is 0 Å². The van der Waals surface area contributed by atoms with Gasteiger partial charge in [0.1, 0.15) is 0 Å². The van der Waals surface area contributed by atoms with Gasteiger partial charge < -0.3 is 0 Å². The Morgan fingerprint density at radius 2 is 1.20 bits per heavy atom. The van der Waals surface area contributed by atoms with Gasteiger partial charge in [-0.25, -0.2) is 0 Å². The zero-order valence-electron chi connectivity index (χ0n) is 3.82. The molecule has 0 aliphatic rings. The average molecular weight is 74.1 g/mol. The summed E-state index contributed by atoms with van der Waals surface area (Å²) in [5.41, 5.74) is 0. The molecule has 0 aromatic heterocycles. The van der Waals surface area contributed by atoms with Crippen molar-refractivity contribution in [2.75, 3.05) is 0 Å². The molecule has 0 N–H and O–H groups in total. The van der Waals surface area contributed by atoms with E-state index in [4.69, 9.17) is 0 Å². The third kappa shape index (κ3) is 16.5. The van der Waals surface area contributed by atoms with Crippen LogP contribution in [0.1, 0.15) is 26.7 Å². The van der Waals surface area contributed by atoms with Gasteiger partial charge in [-0.2, -0.15) is 0 Å². The van der Waals surface area contributed by atoms with Gasteiger partial charge in [0.25, 0.3) is 0 Å². The maximum Gasteiger partial charge on any atom is 0 e. The number of unbranched alkanes of at least 4 members (excludes halogenated alkanes) is 1. The van der Waals surface area contributed by atoms with E-state index in [2.05, 4.69) is 13.8 Å². The van der Waals surface area contributed by atoms with Crippen molar-refractivity contribution in [2.45, 2.75) is 26.7 Å². The summed E-state index contributed by atoms with van der Waals surface area (Å²) in [5.74, 6) is 0. The van der Waals surface area contributed by atoms with Gasteiger partial charge in [0.05, 0.1) is 0 Å². The summed E-state index contributed by atoms with van der Waals surface area (Å²) in [7, 11) is 0. The van der Waals surface area contributed by atoms with Gasteiger partial charge >= 0.3 is 0 Å². The Balaban J connectivity index is 0. The first-order valence-electron chi connectivity index (χ1n) is 1.91. The third-order valence-corrected chi connectivity index (χ3v) is 0.500. The van der Waals surface area contributed by atoms with Crippen LogP contribution in [0.3, 0.4) is 0 Å². The summed E-state index contributed by atoms with van der Waals surface area (Å²) < 4.78 is 0. The monoisotopic (exact) mass is 74.1 g/mol. The van der Waals surface area contributed by atoms with Gasteiger partial charge in [-0.1, -0.05) is 26.7 Å². The molecule has 0 saturated carbocycles. The fourth-order valence-corrected chi connectivity index (χ4v) is 0. The van der Waals surface area contributed by atoms with Crippen molar-refractivity contribution < 1.29 is 5.48 Å². The van der Waals surface area contributed by atoms with E-state index in [1.165, 1.54) is 12.8 Å². The summed E-state index contributed by atoms with van der Waals surface area (Å²) in [6, 6.07) is 0. The molecular weight excluding hydrogens is 64.0 g/mol. The van der Waals surface area contributed by atoms with E-state index in [-0.39, 0.29) is 5.48 Å². The van der Waals surface area contributed by atoms with Crippen LogP contribution in [0.4, 0.5) is 0 Å². The lowest BCUT2D eigenvalue weighted by Gasteiger charge is -1.68. The van der Waals surface area contributed by atoms with Crippen LogP contribution in [0.15, 0.2) is 0 Å². The molecule has 1 heteroatoms. The summed E-state index contributed by atoms with van der Waals surface area (Å²) in [6.45, 7) is 4.36. The fraction of sp³-hybridized carbons (Fsp3) is 1.00. The molecule has 1 nitrogen and oxygen atoms in total. The SMILES string of the molecule is CCCC.[O]. The van der Waals surface area contributed by atoms with Gasteiger partial charge in [-0.15, -0.1) is 0 Å². The number of rotatable bonds is 1. The Bertz CT molecular complexity index is 5.61. The predicted molar refractivity (Wildman–Crippen MR) is 21.3 cm³/mol. The Hall–Kier alpha value is -0.0400. The highest BCUT2D eigenvalue weighted by Crippen LogP contribution is 1.76. The molecule has 32 valence electrons. The van der Waals surface area contributed by atoms with E-state index in [0.717, 1.165) is 0 Å². The van der Waals surface area contributed by atoms with Crippen LogP contribution in [-0.2, 0) is 5.48 Å². The van der Waals surface area contributed by atoms with Crippen molar-refractivity contribution in [3.63, 3.8) is 0 Å². The summed E-state index contributed by atoms with van der Waals surface area (Å²) >= 11 is 0. The van der Waals surface area contributed by atoms with E-state index >= 15 is 0 Å². The molecule has 0 aliphatic heterocycles. The van der Waals surface area contributed by atoms with E-state index in [0.29, 0.717) is 0 Å². The van der Waals surface area contributed by atoms with Crippen LogP contribution in [-0.4, -0.2) is 0 Å². The summed E-state index contributed by atoms with van der Waals surface area (Å²) in [5, 5.41) is 0. The van der Waals surface area contributed by atoms with Crippen molar-refractivity contribution in [3.8, 4) is 0 Å². The Labute approximate surface area is 33.3 Å². The average Bonchev–Trinajstić information content (AvgIpc) is 1.37. The Morgan fingerprint density at radius 1 is 1.00 bits per heavy atom. The van der Waals surface area contributed by atoms with Crippen LogP contribution >= 0.6 is 0 Å². The Morgan fingerprint density at radius 3 is 1.20 bits per heavy atom. The quantitative estimate of drug-likeness (QED) is 0.453. The second-order valence-corrected chi connectivity index (χ2v) is 1.000. The van der Waals surface area contributed by atoms with Crippen molar-refractivity contribution in [1.82, 2.24) is 0 Å². The summed E-state index contributed by atoms with van der Waals surface area (Å²) in [6.07, 6.45) is 2.64. The first kappa shape index (κ1) is 8.88. The second kappa shape index (κ2) is 9.03. The minimum absolute atomic E-state index is 0. The number of hydrogen-bond donors (Lipinski definition) is 0. The molecule has 2 radical (unpaired) electrons. The second-order valence-electron chi connectivity index (χ2n) is 1.000. The van der Waals surface area contributed by atoms with E-state index in [1.54, 1.807) is 0 Å². The lowest BCUT2D eigenvalue weighted by Crippen LogP contribution is -1.47. The minimum atomic E-state index is 0. The zero-order valence-corrected chi connectivity index (χ0v) is 3.82. The van der Waals surface area contributed by atoms with Crippen molar-refractivity contribution in [3.05, 3.63) is 0 Å². The van der Waals surface area contributed by atoms with Gasteiger partial charge in [0.15, 0.2) is 0 Å². The van der Waals surface area contributed by atoms with Crippen LogP contribution in [0.5, 0.6) is 0 Å². The van der Waals surface area contributed by atoms with Crippen molar-refractivity contribution in [1.29, 1.82) is 0 Å². The molecule has 0 heterocycles. The molecule has 0 saturated heterocycles. The van der Waals surface area contributed by atoms with Gasteiger partial charge in [0, 0.05) is 5.48 Å². The molecule has 0 aromatic carbocycles. The zero-order chi connectivity index (χ0) is 3.41. The van der Waals surface area contributed by atoms with Gasteiger partial charge in [-0.3, -0.25) is 0 Å². The topological polar surface area (TPSA) is 28.5 Å². The molecule has 0 atom stereocenters. The van der Waals surface area contributed by atoms with Crippen molar-refractivity contribution >= 4 is 0 Å². The fourth-order valence-electron chi connectivity index (χ4n) is 0. The van der Waals surface area contributed by atoms with Crippen LogP contribution in [0.2, 0.25) is 0 Å². The molecule has 0 fully saturated rings. The third-order valence-electron chi connectivity index (χ3n) is 0.500. The highest BCUT2D eigenvalue weighted by Gasteiger charge is 1.56. The summed E-state index contributed by atoms with van der Waals surface area (Å²) in [4.78, 5) is 0. The molecular formula is C4H10O. The molecule has 5 heavy (non-hydrogen) atoms. The van der Waals surface area contributed by atoms with E-state index in [9.17, 15) is 0 Å². The van der Waals surface area contributed by atoms with Gasteiger partial charge in [-0.05, 0) is 0 Å². The normalized spacial score (nSPS) is 6.00. The predicted octanol–water partition coefficient (Wildman–Crippen LogP) is 1.69. The Kier molecular flexibility index (Phi) is 16.0. The van der Waals surface area contributed by atoms with E-state index in [1.807, 2.05) is 0 Å². The smallest absolute Gasteiger partial charge is 0 e. The molecule has 0 aromatic rings. The maximum absolute atomic E-state index is 2.18. The maximum atomic E-state index is 2.18. The lowest BCUT2D eigenvalue weighted by molar-refractivity contribution is 0.686. The standard InChI is InChI=1S/C4H10.O/c1-3-4-2;/h3-4H2,1-2H3;. The molecule has 0 unspecified atom stereocenters. The van der Waals surface area contributed by atoms with Crippen LogP contribution < -0.4 is 0 Å². The largest absolute Gasteiger partial charge is 0.0654 e. The minimum Gasteiger partial charge on any atom is -0.0654 e. The molecule has 0 spiro atoms. The van der Waals surface area contributed by atoms with Crippen LogP contribution in [0.25, 0.3) is 0 Å². The van der Waals surface area contributed by atoms with E-state index < -0.39 is 0 Å². The number of hydrogen-bond acceptors (Lipinski definition) is 0. The van der Waals surface area contributed by atoms with Crippen molar-refractivity contribution in [2.24, 2.45) is 0 Å². The highest BCUT2D eigenvalue weighted by atomic mass is 16.0. The van der Waals surface area contributed by atoms with Crippen LogP contribution in [0, 0.1) is 0 Å². The lowest BCUT2D eigenvalue weighted by atomic mass is 10.4. The first-order chi connectivity index (χ1) is 1.91.